The maximum atomic E-state index is 9.73. The minimum atomic E-state index is -0.0201. The lowest BCUT2D eigenvalue weighted by Gasteiger charge is -2.26. The fraction of sp³-hybridized carbons (Fsp3) is 0.280. The molecule has 0 aliphatic rings. The summed E-state index contributed by atoms with van der Waals surface area (Å²) in [6.07, 6.45) is 0. The smallest absolute Gasteiger partial charge is 0.131 e. The average molecular weight is 392 g/mol. The van der Waals surface area contributed by atoms with Crippen molar-refractivity contribution in [3.05, 3.63) is 89.0 Å². The second-order valence-corrected chi connectivity index (χ2v) is 9.48. The second-order valence-electron chi connectivity index (χ2n) is 8.15. The first kappa shape index (κ1) is 20.6. The van der Waals surface area contributed by atoms with E-state index >= 15 is 0 Å². The number of aliphatic hydroxyl groups is 1. The monoisotopic (exact) mass is 392 g/mol. The van der Waals surface area contributed by atoms with E-state index in [0.717, 1.165) is 16.9 Å². The van der Waals surface area contributed by atoms with Crippen molar-refractivity contribution >= 4 is 19.2 Å². The molecule has 28 heavy (non-hydrogen) atoms. The van der Waals surface area contributed by atoms with Gasteiger partial charge in [0.15, 0.2) is 0 Å². The topological polar surface area (TPSA) is 29.5 Å². The zero-order valence-corrected chi connectivity index (χ0v) is 18.1. The molecule has 2 nitrogen and oxygen atoms in total. The Hall–Kier alpha value is -2.15. The van der Waals surface area contributed by atoms with Crippen molar-refractivity contribution in [1.82, 2.24) is 0 Å². The number of hydrogen-bond donors (Lipinski definition) is 1. The lowest BCUT2D eigenvalue weighted by Crippen LogP contribution is -2.20. The molecule has 0 radical (unpaired) electrons. The van der Waals surface area contributed by atoms with Crippen molar-refractivity contribution in [3.8, 4) is 5.75 Å². The minimum absolute atomic E-state index is 0.0201. The zero-order chi connectivity index (χ0) is 20.1. The van der Waals surface area contributed by atoms with Crippen molar-refractivity contribution in [3.63, 3.8) is 0 Å². The number of benzene rings is 3. The minimum Gasteiger partial charge on any atom is -0.488 e. The van der Waals surface area contributed by atoms with Crippen LogP contribution in [0.5, 0.6) is 5.75 Å². The SMILES string of the molecule is Cc1cc(Pc2ccccc2CO)c(OCc2ccccc2)c(C(C)(C)C)c1. The van der Waals surface area contributed by atoms with Crippen molar-refractivity contribution in [2.75, 3.05) is 0 Å². The summed E-state index contributed by atoms with van der Waals surface area (Å²) in [5, 5.41) is 12.1. The van der Waals surface area contributed by atoms with E-state index in [1.165, 1.54) is 21.7 Å². The van der Waals surface area contributed by atoms with Gasteiger partial charge in [0.1, 0.15) is 12.4 Å². The summed E-state index contributed by atoms with van der Waals surface area (Å²) in [4.78, 5) is 0. The molecule has 0 aliphatic carbocycles. The molecule has 3 aromatic rings. The molecule has 0 amide bonds. The van der Waals surface area contributed by atoms with Crippen molar-refractivity contribution in [2.45, 2.75) is 46.3 Å². The lowest BCUT2D eigenvalue weighted by molar-refractivity contribution is 0.283. The van der Waals surface area contributed by atoms with Gasteiger partial charge in [-0.2, -0.15) is 0 Å². The summed E-state index contributed by atoms with van der Waals surface area (Å²) >= 11 is 0. The molecule has 1 atom stereocenters. The van der Waals surface area contributed by atoms with E-state index in [0.29, 0.717) is 15.2 Å². The number of aryl methyl sites for hydroxylation is 1. The van der Waals surface area contributed by atoms with Gasteiger partial charge < -0.3 is 9.84 Å². The van der Waals surface area contributed by atoms with E-state index in [2.05, 4.69) is 58.0 Å². The summed E-state index contributed by atoms with van der Waals surface area (Å²) in [5.41, 5.74) is 4.59. The Labute approximate surface area is 170 Å². The van der Waals surface area contributed by atoms with Crippen LogP contribution in [0.25, 0.3) is 0 Å². The Bertz CT molecular complexity index is 927. The highest BCUT2D eigenvalue weighted by Gasteiger charge is 2.23. The Morgan fingerprint density at radius 3 is 2.25 bits per heavy atom. The van der Waals surface area contributed by atoms with Crippen LogP contribution in [0.4, 0.5) is 0 Å². The summed E-state index contributed by atoms with van der Waals surface area (Å²) in [6.45, 7) is 9.43. The quantitative estimate of drug-likeness (QED) is 0.599. The standard InChI is InChI=1S/C25H29O2P/c1-18-14-21(25(2,3)4)24(27-17-19-10-6-5-7-11-19)23(15-18)28-22-13-9-8-12-20(22)16-26/h5-15,26,28H,16-17H2,1-4H3. The van der Waals surface area contributed by atoms with Crippen LogP contribution in [-0.2, 0) is 18.6 Å². The fourth-order valence-electron chi connectivity index (χ4n) is 3.23. The predicted octanol–water partition coefficient (Wildman–Crippen LogP) is 4.99. The molecule has 3 aromatic carbocycles. The maximum absolute atomic E-state index is 9.73. The van der Waals surface area contributed by atoms with Gasteiger partial charge in [0.2, 0.25) is 0 Å². The van der Waals surface area contributed by atoms with Crippen LogP contribution in [0.1, 0.15) is 43.0 Å². The molecule has 0 saturated carbocycles. The van der Waals surface area contributed by atoms with Gasteiger partial charge in [-0.25, -0.2) is 0 Å². The molecule has 0 fully saturated rings. The average Bonchev–Trinajstić information content (AvgIpc) is 2.67. The first-order valence-electron chi connectivity index (χ1n) is 9.66. The Morgan fingerprint density at radius 1 is 0.893 bits per heavy atom. The Kier molecular flexibility index (Phi) is 6.54. The van der Waals surface area contributed by atoms with Crippen LogP contribution in [0.15, 0.2) is 66.7 Å². The molecule has 1 N–H and O–H groups in total. The second kappa shape index (κ2) is 8.90. The van der Waals surface area contributed by atoms with Crippen LogP contribution < -0.4 is 15.3 Å². The van der Waals surface area contributed by atoms with E-state index in [9.17, 15) is 5.11 Å². The van der Waals surface area contributed by atoms with Gasteiger partial charge in [-0.3, -0.25) is 0 Å². The summed E-state index contributed by atoms with van der Waals surface area (Å²) < 4.78 is 6.43. The molecule has 0 saturated heterocycles. The zero-order valence-electron chi connectivity index (χ0n) is 17.1. The first-order valence-corrected chi connectivity index (χ1v) is 10.7. The molecule has 3 rings (SSSR count). The van der Waals surface area contributed by atoms with Gasteiger partial charge in [-0.05, 0) is 40.4 Å². The van der Waals surface area contributed by atoms with Crippen LogP contribution in [-0.4, -0.2) is 5.11 Å². The molecule has 1 unspecified atom stereocenters. The summed E-state index contributed by atoms with van der Waals surface area (Å²) in [6, 6.07) is 22.9. The van der Waals surface area contributed by atoms with E-state index in [4.69, 9.17) is 4.74 Å². The number of hydrogen-bond acceptors (Lipinski definition) is 2. The van der Waals surface area contributed by atoms with Crippen LogP contribution in [0, 0.1) is 6.92 Å². The highest BCUT2D eigenvalue weighted by Crippen LogP contribution is 2.35. The van der Waals surface area contributed by atoms with Gasteiger partial charge >= 0.3 is 0 Å². The largest absolute Gasteiger partial charge is 0.488 e. The normalized spacial score (nSPS) is 11.9. The summed E-state index contributed by atoms with van der Waals surface area (Å²) in [5.74, 6) is 0.980. The van der Waals surface area contributed by atoms with Gasteiger partial charge in [0, 0.05) is 10.9 Å². The molecule has 0 aromatic heterocycles. The first-order chi connectivity index (χ1) is 13.4. The van der Waals surface area contributed by atoms with Crippen LogP contribution in [0.3, 0.4) is 0 Å². The third kappa shape index (κ3) is 5.01. The Balaban J connectivity index is 2.03. The summed E-state index contributed by atoms with van der Waals surface area (Å²) in [7, 11) is 0.436. The van der Waals surface area contributed by atoms with Crippen LogP contribution >= 0.6 is 8.58 Å². The highest BCUT2D eigenvalue weighted by atomic mass is 31.1. The van der Waals surface area contributed by atoms with Gasteiger partial charge in [0.05, 0.1) is 6.61 Å². The van der Waals surface area contributed by atoms with E-state index < -0.39 is 0 Å². The van der Waals surface area contributed by atoms with E-state index in [1.807, 2.05) is 36.4 Å². The maximum Gasteiger partial charge on any atom is 0.131 e. The molecule has 0 spiro atoms. The number of rotatable bonds is 6. The van der Waals surface area contributed by atoms with Gasteiger partial charge in [-0.1, -0.05) is 90.0 Å². The molecule has 146 valence electrons. The number of ether oxygens (including phenoxy) is 1. The third-order valence-electron chi connectivity index (χ3n) is 4.72. The molecular weight excluding hydrogens is 363 g/mol. The van der Waals surface area contributed by atoms with Gasteiger partial charge in [0.25, 0.3) is 0 Å². The van der Waals surface area contributed by atoms with Gasteiger partial charge in [-0.15, -0.1) is 0 Å². The third-order valence-corrected chi connectivity index (χ3v) is 6.12. The molecule has 0 heterocycles. The van der Waals surface area contributed by atoms with Crippen molar-refractivity contribution in [1.29, 1.82) is 0 Å². The Morgan fingerprint density at radius 2 is 1.57 bits per heavy atom. The molecular formula is C25H29O2P. The molecule has 3 heteroatoms. The van der Waals surface area contributed by atoms with E-state index in [-0.39, 0.29) is 12.0 Å². The van der Waals surface area contributed by atoms with Crippen molar-refractivity contribution < 1.29 is 9.84 Å². The van der Waals surface area contributed by atoms with E-state index in [1.54, 1.807) is 0 Å². The number of aliphatic hydroxyl groups excluding tert-OH is 1. The van der Waals surface area contributed by atoms with Crippen molar-refractivity contribution in [2.24, 2.45) is 0 Å². The molecule has 0 bridgehead atoms. The fourth-order valence-corrected chi connectivity index (χ4v) is 4.65. The van der Waals surface area contributed by atoms with Crippen LogP contribution in [0.2, 0.25) is 0 Å². The molecule has 0 aliphatic heterocycles. The predicted molar refractivity (Wildman–Crippen MR) is 121 cm³/mol. The highest BCUT2D eigenvalue weighted by molar-refractivity contribution is 7.55. The lowest BCUT2D eigenvalue weighted by atomic mass is 9.85.